The van der Waals surface area contributed by atoms with Crippen LogP contribution in [0.1, 0.15) is 11.1 Å². The molecule has 1 aromatic carbocycles. The van der Waals surface area contributed by atoms with Crippen molar-refractivity contribution in [2.75, 3.05) is 13.2 Å². The zero-order valence-corrected chi connectivity index (χ0v) is 8.80. The molecule has 2 nitrogen and oxygen atoms in total. The van der Waals surface area contributed by atoms with Crippen LogP contribution < -0.4 is 0 Å². The first kappa shape index (κ1) is 10.0. The Bertz CT molecular complexity index is 280. The zero-order chi connectivity index (χ0) is 9.80. The van der Waals surface area contributed by atoms with E-state index in [1.807, 2.05) is 23.9 Å². The predicted octanol–water partition coefficient (Wildman–Crippen LogP) is 1.81. The van der Waals surface area contributed by atoms with Crippen LogP contribution in [0.3, 0.4) is 0 Å². The minimum absolute atomic E-state index is 0.129. The van der Waals surface area contributed by atoms with E-state index in [0.29, 0.717) is 5.25 Å². The Hall–Kier alpha value is -0.510. The summed E-state index contributed by atoms with van der Waals surface area (Å²) in [5.74, 6) is 1.04. The number of aliphatic hydroxyl groups excluding tert-OH is 1. The Kier molecular flexibility index (Phi) is 3.45. The lowest BCUT2D eigenvalue weighted by atomic mass is 10.2. The fourth-order valence-electron chi connectivity index (χ4n) is 1.27. The van der Waals surface area contributed by atoms with Crippen molar-refractivity contribution in [2.45, 2.75) is 17.6 Å². The van der Waals surface area contributed by atoms with Gasteiger partial charge in [-0.15, -0.1) is 11.8 Å². The number of rotatable bonds is 4. The standard InChI is InChI=1S/C11H14O2S/c12-5-9-1-3-10(4-2-9)8-14-11-6-13-7-11/h1-4,11-12H,5-8H2. The van der Waals surface area contributed by atoms with Gasteiger partial charge in [-0.3, -0.25) is 0 Å². The van der Waals surface area contributed by atoms with E-state index >= 15 is 0 Å². The van der Waals surface area contributed by atoms with Crippen molar-refractivity contribution >= 4 is 11.8 Å². The molecule has 0 amide bonds. The minimum atomic E-state index is 0.129. The number of hydrogen-bond donors (Lipinski definition) is 1. The number of hydrogen-bond acceptors (Lipinski definition) is 3. The van der Waals surface area contributed by atoms with Crippen LogP contribution in [0, 0.1) is 0 Å². The second-order valence-corrected chi connectivity index (χ2v) is 4.73. The van der Waals surface area contributed by atoms with Crippen LogP contribution in [0.5, 0.6) is 0 Å². The smallest absolute Gasteiger partial charge is 0.0681 e. The van der Waals surface area contributed by atoms with Gasteiger partial charge in [-0.05, 0) is 11.1 Å². The van der Waals surface area contributed by atoms with Gasteiger partial charge in [-0.2, -0.15) is 0 Å². The number of aliphatic hydroxyl groups is 1. The highest BCUT2D eigenvalue weighted by Gasteiger charge is 2.18. The second-order valence-electron chi connectivity index (χ2n) is 3.45. The van der Waals surface area contributed by atoms with E-state index in [-0.39, 0.29) is 6.61 Å². The molecule has 1 aliphatic heterocycles. The van der Waals surface area contributed by atoms with Crippen LogP contribution in [0.4, 0.5) is 0 Å². The third-order valence-corrected chi connectivity index (χ3v) is 3.54. The molecule has 1 saturated heterocycles. The van der Waals surface area contributed by atoms with Crippen LogP contribution >= 0.6 is 11.8 Å². The molecule has 0 unspecified atom stereocenters. The van der Waals surface area contributed by atoms with Gasteiger partial charge in [-0.25, -0.2) is 0 Å². The third-order valence-electron chi connectivity index (χ3n) is 2.30. The molecular weight excluding hydrogens is 196 g/mol. The highest BCUT2D eigenvalue weighted by molar-refractivity contribution is 7.99. The highest BCUT2D eigenvalue weighted by Crippen LogP contribution is 2.23. The van der Waals surface area contributed by atoms with Crippen molar-refractivity contribution in [1.82, 2.24) is 0 Å². The van der Waals surface area contributed by atoms with Gasteiger partial charge in [0.1, 0.15) is 0 Å². The van der Waals surface area contributed by atoms with E-state index in [1.54, 1.807) is 0 Å². The van der Waals surface area contributed by atoms with E-state index in [1.165, 1.54) is 5.56 Å². The van der Waals surface area contributed by atoms with E-state index in [9.17, 15) is 0 Å². The van der Waals surface area contributed by atoms with Gasteiger partial charge < -0.3 is 9.84 Å². The van der Waals surface area contributed by atoms with Gasteiger partial charge in [0.05, 0.1) is 25.1 Å². The summed E-state index contributed by atoms with van der Waals surface area (Å²) in [6.07, 6.45) is 0. The average Bonchev–Trinajstić information content (AvgIpc) is 2.16. The van der Waals surface area contributed by atoms with E-state index in [0.717, 1.165) is 24.5 Å². The maximum Gasteiger partial charge on any atom is 0.0681 e. The van der Waals surface area contributed by atoms with Crippen molar-refractivity contribution in [1.29, 1.82) is 0 Å². The zero-order valence-electron chi connectivity index (χ0n) is 7.98. The van der Waals surface area contributed by atoms with E-state index in [2.05, 4.69) is 12.1 Å². The molecule has 2 rings (SSSR count). The summed E-state index contributed by atoms with van der Waals surface area (Å²) in [6.45, 7) is 1.93. The molecule has 1 heterocycles. The average molecular weight is 210 g/mol. The largest absolute Gasteiger partial charge is 0.392 e. The maximum atomic E-state index is 8.87. The van der Waals surface area contributed by atoms with Gasteiger partial charge in [0.15, 0.2) is 0 Å². The Morgan fingerprint density at radius 1 is 1.21 bits per heavy atom. The monoisotopic (exact) mass is 210 g/mol. The van der Waals surface area contributed by atoms with Crippen LogP contribution in [-0.4, -0.2) is 23.6 Å². The summed E-state index contributed by atoms with van der Waals surface area (Å²) in [6, 6.07) is 8.12. The molecule has 0 spiro atoms. The number of benzene rings is 1. The first-order valence-corrected chi connectivity index (χ1v) is 5.81. The maximum absolute atomic E-state index is 8.87. The van der Waals surface area contributed by atoms with Crippen LogP contribution in [0.25, 0.3) is 0 Å². The Balaban J connectivity index is 1.83. The third kappa shape index (κ3) is 2.50. The summed E-state index contributed by atoms with van der Waals surface area (Å²) < 4.78 is 5.11. The molecule has 1 fully saturated rings. The molecule has 1 N–H and O–H groups in total. The lowest BCUT2D eigenvalue weighted by Crippen LogP contribution is -2.30. The summed E-state index contributed by atoms with van der Waals surface area (Å²) in [7, 11) is 0. The van der Waals surface area contributed by atoms with Crippen LogP contribution in [0.2, 0.25) is 0 Å². The van der Waals surface area contributed by atoms with Crippen LogP contribution in [0.15, 0.2) is 24.3 Å². The molecule has 0 radical (unpaired) electrons. The summed E-state index contributed by atoms with van der Waals surface area (Å²) in [5.41, 5.74) is 2.30. The Morgan fingerprint density at radius 2 is 1.86 bits per heavy atom. The molecule has 0 saturated carbocycles. The normalized spacial score (nSPS) is 16.6. The molecular formula is C11H14O2S. The molecule has 3 heteroatoms. The fourth-order valence-corrected chi connectivity index (χ4v) is 2.27. The first-order chi connectivity index (χ1) is 6.88. The summed E-state index contributed by atoms with van der Waals surface area (Å²) in [5, 5.41) is 9.56. The quantitative estimate of drug-likeness (QED) is 0.822. The van der Waals surface area contributed by atoms with Crippen molar-refractivity contribution in [2.24, 2.45) is 0 Å². The van der Waals surface area contributed by atoms with Crippen molar-refractivity contribution in [3.05, 3.63) is 35.4 Å². The predicted molar refractivity (Wildman–Crippen MR) is 58.3 cm³/mol. The molecule has 0 atom stereocenters. The topological polar surface area (TPSA) is 29.5 Å². The SMILES string of the molecule is OCc1ccc(CSC2COC2)cc1. The van der Waals surface area contributed by atoms with Gasteiger partial charge in [0.2, 0.25) is 0 Å². The van der Waals surface area contributed by atoms with E-state index < -0.39 is 0 Å². The van der Waals surface area contributed by atoms with Crippen molar-refractivity contribution in [3.8, 4) is 0 Å². The first-order valence-electron chi connectivity index (χ1n) is 4.76. The Labute approximate surface area is 88.3 Å². The summed E-state index contributed by atoms with van der Waals surface area (Å²) >= 11 is 1.94. The summed E-state index contributed by atoms with van der Waals surface area (Å²) in [4.78, 5) is 0. The second kappa shape index (κ2) is 4.82. The van der Waals surface area contributed by atoms with Gasteiger partial charge >= 0.3 is 0 Å². The van der Waals surface area contributed by atoms with Crippen molar-refractivity contribution < 1.29 is 9.84 Å². The molecule has 76 valence electrons. The molecule has 14 heavy (non-hydrogen) atoms. The van der Waals surface area contributed by atoms with Crippen molar-refractivity contribution in [3.63, 3.8) is 0 Å². The van der Waals surface area contributed by atoms with E-state index in [4.69, 9.17) is 9.84 Å². The fraction of sp³-hybridized carbons (Fsp3) is 0.455. The molecule has 0 aromatic heterocycles. The molecule has 1 aliphatic rings. The lowest BCUT2D eigenvalue weighted by Gasteiger charge is -2.25. The van der Waals surface area contributed by atoms with Gasteiger partial charge in [0.25, 0.3) is 0 Å². The number of thioether (sulfide) groups is 1. The Morgan fingerprint density at radius 3 is 2.36 bits per heavy atom. The highest BCUT2D eigenvalue weighted by atomic mass is 32.2. The van der Waals surface area contributed by atoms with Gasteiger partial charge in [0, 0.05) is 5.75 Å². The molecule has 1 aromatic rings. The van der Waals surface area contributed by atoms with Gasteiger partial charge in [-0.1, -0.05) is 24.3 Å². The number of ether oxygens (including phenoxy) is 1. The molecule has 0 bridgehead atoms. The lowest BCUT2D eigenvalue weighted by molar-refractivity contribution is 0.0455. The van der Waals surface area contributed by atoms with Crippen LogP contribution in [-0.2, 0) is 17.1 Å². The minimum Gasteiger partial charge on any atom is -0.392 e. The molecule has 0 aliphatic carbocycles.